The summed E-state index contributed by atoms with van der Waals surface area (Å²) in [6.45, 7) is 0. The number of thiocarbonyl (C=S) groups is 1. The predicted octanol–water partition coefficient (Wildman–Crippen LogP) is 2.98. The zero-order valence-electron chi connectivity index (χ0n) is 13.3. The molecule has 0 spiro atoms. The van der Waals surface area contributed by atoms with Crippen molar-refractivity contribution < 1.29 is 4.92 Å². The number of hydrogen-bond acceptors (Lipinski definition) is 5. The number of nitrogens with one attached hydrogen (secondary N) is 2. The molecule has 0 radical (unpaired) electrons. The average molecular weight is 343 g/mol. The molecule has 0 heterocycles. The second-order valence-electron chi connectivity index (χ2n) is 5.11. The molecular weight excluding hydrogens is 326 g/mol. The molecule has 7 nitrogen and oxygen atoms in total. The van der Waals surface area contributed by atoms with Crippen LogP contribution >= 0.6 is 12.2 Å². The minimum atomic E-state index is -0.452. The Morgan fingerprint density at radius 1 is 1.17 bits per heavy atom. The monoisotopic (exact) mass is 343 g/mol. The highest BCUT2D eigenvalue weighted by Crippen LogP contribution is 2.15. The predicted molar refractivity (Wildman–Crippen MR) is 101 cm³/mol. The molecule has 124 valence electrons. The number of anilines is 2. The molecule has 0 saturated heterocycles. The van der Waals surface area contributed by atoms with Crippen LogP contribution in [0.4, 0.5) is 17.1 Å². The summed E-state index contributed by atoms with van der Waals surface area (Å²) in [5, 5.41) is 17.8. The summed E-state index contributed by atoms with van der Waals surface area (Å²) < 4.78 is 0. The first-order valence-corrected chi connectivity index (χ1v) is 7.48. The summed E-state index contributed by atoms with van der Waals surface area (Å²) in [6, 6.07) is 13.9. The maximum absolute atomic E-state index is 10.6. The van der Waals surface area contributed by atoms with Crippen molar-refractivity contribution >= 4 is 40.6 Å². The molecule has 0 amide bonds. The highest BCUT2D eigenvalue weighted by Gasteiger charge is 2.04. The maximum Gasteiger partial charge on any atom is 0.269 e. The number of nitrogens with zero attached hydrogens (tertiary/aromatic N) is 3. The molecule has 0 unspecified atom stereocenters. The van der Waals surface area contributed by atoms with Crippen LogP contribution in [0.15, 0.2) is 53.6 Å². The third-order valence-corrected chi connectivity index (χ3v) is 3.32. The van der Waals surface area contributed by atoms with E-state index in [9.17, 15) is 10.1 Å². The van der Waals surface area contributed by atoms with Gasteiger partial charge in [-0.05, 0) is 42.0 Å². The van der Waals surface area contributed by atoms with Crippen LogP contribution in [0.1, 0.15) is 5.56 Å². The van der Waals surface area contributed by atoms with Crippen molar-refractivity contribution in [3.63, 3.8) is 0 Å². The van der Waals surface area contributed by atoms with Crippen LogP contribution in [-0.2, 0) is 0 Å². The standard InChI is InChI=1S/C16H17N5O2S/c1-20(2)14-7-3-12(4-8-14)11-17-19-16(24)18-13-5-9-15(10-6-13)21(22)23/h3-11H,1-2H3,(H2,18,19,24)/b17-11+. The first-order valence-electron chi connectivity index (χ1n) is 7.07. The van der Waals surface area contributed by atoms with E-state index in [-0.39, 0.29) is 5.69 Å². The average Bonchev–Trinajstić information content (AvgIpc) is 2.55. The zero-order chi connectivity index (χ0) is 17.5. The molecule has 2 rings (SSSR count). The van der Waals surface area contributed by atoms with Gasteiger partial charge in [0.2, 0.25) is 0 Å². The normalized spacial score (nSPS) is 10.4. The van der Waals surface area contributed by atoms with Gasteiger partial charge in [-0.15, -0.1) is 0 Å². The number of rotatable bonds is 5. The van der Waals surface area contributed by atoms with E-state index in [4.69, 9.17) is 12.2 Å². The van der Waals surface area contributed by atoms with Crippen molar-refractivity contribution in [1.82, 2.24) is 5.43 Å². The maximum atomic E-state index is 10.6. The molecule has 2 N–H and O–H groups in total. The van der Waals surface area contributed by atoms with Gasteiger partial charge in [0.15, 0.2) is 5.11 Å². The third kappa shape index (κ3) is 5.03. The molecule has 0 bridgehead atoms. The molecule has 2 aromatic rings. The number of hydrogen-bond donors (Lipinski definition) is 2. The molecule has 24 heavy (non-hydrogen) atoms. The Kier molecular flexibility index (Phi) is 5.80. The Morgan fingerprint density at radius 3 is 2.33 bits per heavy atom. The van der Waals surface area contributed by atoms with Crippen molar-refractivity contribution in [3.8, 4) is 0 Å². The van der Waals surface area contributed by atoms with Crippen LogP contribution in [0.5, 0.6) is 0 Å². The number of benzene rings is 2. The fourth-order valence-electron chi connectivity index (χ4n) is 1.85. The quantitative estimate of drug-likeness (QED) is 0.376. The van der Waals surface area contributed by atoms with Crippen LogP contribution in [0.25, 0.3) is 0 Å². The lowest BCUT2D eigenvalue weighted by Crippen LogP contribution is -2.23. The topological polar surface area (TPSA) is 82.8 Å². The minimum absolute atomic E-state index is 0.0265. The highest BCUT2D eigenvalue weighted by molar-refractivity contribution is 7.80. The molecule has 0 saturated carbocycles. The van der Waals surface area contributed by atoms with Crippen LogP contribution in [0.2, 0.25) is 0 Å². The summed E-state index contributed by atoms with van der Waals surface area (Å²) in [5.74, 6) is 0. The van der Waals surface area contributed by atoms with Gasteiger partial charge in [0.25, 0.3) is 5.69 Å². The van der Waals surface area contributed by atoms with E-state index in [1.807, 2.05) is 43.3 Å². The van der Waals surface area contributed by atoms with Gasteiger partial charge >= 0.3 is 0 Å². The van der Waals surface area contributed by atoms with Gasteiger partial charge in [-0.3, -0.25) is 15.5 Å². The fourth-order valence-corrected chi connectivity index (χ4v) is 2.02. The van der Waals surface area contributed by atoms with Gasteiger partial charge in [0.05, 0.1) is 11.1 Å². The van der Waals surface area contributed by atoms with Crippen molar-refractivity contribution in [2.24, 2.45) is 5.10 Å². The largest absolute Gasteiger partial charge is 0.378 e. The Morgan fingerprint density at radius 2 is 1.79 bits per heavy atom. The molecular formula is C16H17N5O2S. The van der Waals surface area contributed by atoms with Gasteiger partial charge in [-0.2, -0.15) is 5.10 Å². The third-order valence-electron chi connectivity index (χ3n) is 3.13. The summed E-state index contributed by atoms with van der Waals surface area (Å²) in [6.07, 6.45) is 1.66. The van der Waals surface area contributed by atoms with Gasteiger partial charge in [0.1, 0.15) is 0 Å². The molecule has 0 aliphatic carbocycles. The second-order valence-corrected chi connectivity index (χ2v) is 5.52. The summed E-state index contributed by atoms with van der Waals surface area (Å²) in [5.41, 5.74) is 5.41. The Bertz CT molecular complexity index is 742. The summed E-state index contributed by atoms with van der Waals surface area (Å²) in [7, 11) is 3.96. The van der Waals surface area contributed by atoms with E-state index in [1.54, 1.807) is 18.3 Å². The number of non-ortho nitro benzene ring substituents is 1. The first kappa shape index (κ1) is 17.4. The summed E-state index contributed by atoms with van der Waals surface area (Å²) in [4.78, 5) is 12.2. The van der Waals surface area contributed by atoms with Crippen LogP contribution in [0.3, 0.4) is 0 Å². The smallest absolute Gasteiger partial charge is 0.269 e. The lowest BCUT2D eigenvalue weighted by atomic mass is 10.2. The van der Waals surface area contributed by atoms with E-state index in [2.05, 4.69) is 15.8 Å². The molecule has 2 aromatic carbocycles. The van der Waals surface area contributed by atoms with E-state index in [1.165, 1.54) is 12.1 Å². The zero-order valence-corrected chi connectivity index (χ0v) is 14.1. The van der Waals surface area contributed by atoms with Crippen LogP contribution < -0.4 is 15.6 Å². The molecule has 0 aliphatic heterocycles. The number of nitro groups is 1. The first-order chi connectivity index (χ1) is 11.5. The Balaban J connectivity index is 1.87. The van der Waals surface area contributed by atoms with Gasteiger partial charge in [-0.25, -0.2) is 0 Å². The van der Waals surface area contributed by atoms with Gasteiger partial charge < -0.3 is 10.2 Å². The number of nitro benzene ring substituents is 1. The SMILES string of the molecule is CN(C)c1ccc(/C=N/NC(=S)Nc2ccc([N+](=O)[O-])cc2)cc1. The highest BCUT2D eigenvalue weighted by atomic mass is 32.1. The van der Waals surface area contributed by atoms with Crippen LogP contribution in [-0.4, -0.2) is 30.3 Å². The summed E-state index contributed by atoms with van der Waals surface area (Å²) >= 11 is 5.11. The van der Waals surface area contributed by atoms with Crippen molar-refractivity contribution in [1.29, 1.82) is 0 Å². The molecule has 8 heteroatoms. The Labute approximate surface area is 145 Å². The van der Waals surface area contributed by atoms with Gasteiger partial charge in [-0.1, -0.05) is 12.1 Å². The molecule has 0 atom stereocenters. The Hall–Kier alpha value is -3.00. The lowest BCUT2D eigenvalue weighted by molar-refractivity contribution is -0.384. The molecule has 0 aliphatic rings. The van der Waals surface area contributed by atoms with E-state index < -0.39 is 4.92 Å². The van der Waals surface area contributed by atoms with E-state index in [0.717, 1.165) is 11.3 Å². The van der Waals surface area contributed by atoms with E-state index >= 15 is 0 Å². The van der Waals surface area contributed by atoms with Crippen molar-refractivity contribution in [3.05, 3.63) is 64.2 Å². The lowest BCUT2D eigenvalue weighted by Gasteiger charge is -2.11. The minimum Gasteiger partial charge on any atom is -0.378 e. The fraction of sp³-hybridized carbons (Fsp3) is 0.125. The van der Waals surface area contributed by atoms with Crippen molar-refractivity contribution in [2.75, 3.05) is 24.3 Å². The van der Waals surface area contributed by atoms with Gasteiger partial charge in [0, 0.05) is 37.6 Å². The second kappa shape index (κ2) is 8.02. The van der Waals surface area contributed by atoms with Crippen molar-refractivity contribution in [2.45, 2.75) is 0 Å². The van der Waals surface area contributed by atoms with Crippen LogP contribution in [0, 0.1) is 10.1 Å². The molecule has 0 aromatic heterocycles. The number of hydrazone groups is 1. The molecule has 0 fully saturated rings. The van der Waals surface area contributed by atoms with E-state index in [0.29, 0.717) is 10.8 Å².